The van der Waals surface area contributed by atoms with Gasteiger partial charge in [-0.05, 0) is 26.7 Å². The monoisotopic (exact) mass is 263 g/mol. The van der Waals surface area contributed by atoms with E-state index in [9.17, 15) is 4.79 Å². The predicted octanol–water partition coefficient (Wildman–Crippen LogP) is 1.80. The van der Waals surface area contributed by atoms with Gasteiger partial charge in [-0.3, -0.25) is 4.79 Å². The number of piperidine rings is 1. The van der Waals surface area contributed by atoms with Crippen molar-refractivity contribution in [2.45, 2.75) is 37.6 Å². The Labute approximate surface area is 93.9 Å². The van der Waals surface area contributed by atoms with E-state index in [1.807, 2.05) is 18.7 Å². The van der Waals surface area contributed by atoms with Gasteiger partial charge in [-0.1, -0.05) is 15.9 Å². The van der Waals surface area contributed by atoms with E-state index in [0.29, 0.717) is 6.61 Å². The van der Waals surface area contributed by atoms with Gasteiger partial charge >= 0.3 is 0 Å². The van der Waals surface area contributed by atoms with Gasteiger partial charge in [0.2, 0.25) is 5.91 Å². The Bertz CT molecular complexity index is 199. The summed E-state index contributed by atoms with van der Waals surface area (Å²) >= 11 is 3.39. The highest BCUT2D eigenvalue weighted by Gasteiger charge is 2.27. The van der Waals surface area contributed by atoms with Crippen LogP contribution in [-0.2, 0) is 9.53 Å². The molecule has 0 N–H and O–H groups in total. The molecule has 0 radical (unpaired) electrons. The van der Waals surface area contributed by atoms with Gasteiger partial charge in [0.05, 0.1) is 10.9 Å². The van der Waals surface area contributed by atoms with Crippen LogP contribution in [0.4, 0.5) is 0 Å². The lowest BCUT2D eigenvalue weighted by atomic mass is 10.1. The Morgan fingerprint density at radius 2 is 2.43 bits per heavy atom. The van der Waals surface area contributed by atoms with Crippen LogP contribution in [0, 0.1) is 0 Å². The number of alkyl halides is 1. The molecular formula is C10H18BrNO2. The van der Waals surface area contributed by atoms with Gasteiger partial charge in [-0.2, -0.15) is 0 Å². The van der Waals surface area contributed by atoms with E-state index in [-0.39, 0.29) is 16.8 Å². The Hall–Kier alpha value is -0.0900. The van der Waals surface area contributed by atoms with E-state index in [1.165, 1.54) is 0 Å². The summed E-state index contributed by atoms with van der Waals surface area (Å²) in [4.78, 5) is 13.6. The van der Waals surface area contributed by atoms with Crippen molar-refractivity contribution in [1.82, 2.24) is 4.90 Å². The second kappa shape index (κ2) is 5.71. The zero-order chi connectivity index (χ0) is 10.6. The number of hydrogen-bond acceptors (Lipinski definition) is 2. The second-order valence-electron chi connectivity index (χ2n) is 3.66. The lowest BCUT2D eigenvalue weighted by Gasteiger charge is -2.31. The molecule has 1 aliphatic rings. The summed E-state index contributed by atoms with van der Waals surface area (Å²) in [6, 6.07) is 0. The van der Waals surface area contributed by atoms with Crippen molar-refractivity contribution in [1.29, 1.82) is 0 Å². The van der Waals surface area contributed by atoms with Gasteiger partial charge in [0.15, 0.2) is 0 Å². The van der Waals surface area contributed by atoms with Crippen LogP contribution in [0.25, 0.3) is 0 Å². The van der Waals surface area contributed by atoms with Gasteiger partial charge in [-0.15, -0.1) is 0 Å². The summed E-state index contributed by atoms with van der Waals surface area (Å²) in [7, 11) is 0. The summed E-state index contributed by atoms with van der Waals surface area (Å²) in [6.07, 6.45) is 2.18. The molecular weight excluding hydrogens is 246 g/mol. The molecule has 0 saturated carbocycles. The largest absolute Gasteiger partial charge is 0.377 e. The molecule has 14 heavy (non-hydrogen) atoms. The van der Waals surface area contributed by atoms with Crippen molar-refractivity contribution in [2.75, 3.05) is 19.7 Å². The van der Waals surface area contributed by atoms with Gasteiger partial charge in [0.1, 0.15) is 0 Å². The molecule has 4 heteroatoms. The fourth-order valence-electron chi connectivity index (χ4n) is 1.72. The Morgan fingerprint density at radius 1 is 1.71 bits per heavy atom. The Balaban J connectivity index is 2.39. The van der Waals surface area contributed by atoms with E-state index in [1.54, 1.807) is 0 Å². The van der Waals surface area contributed by atoms with E-state index in [2.05, 4.69) is 15.9 Å². The highest BCUT2D eigenvalue weighted by Crippen LogP contribution is 2.18. The maximum Gasteiger partial charge on any atom is 0.236 e. The fourth-order valence-corrected chi connectivity index (χ4v) is 2.34. The SMILES string of the molecule is CCOC(C)CN1CCCC(Br)C1=O. The first-order valence-corrected chi connectivity index (χ1v) is 6.11. The Kier molecular flexibility index (Phi) is 4.89. The Morgan fingerprint density at radius 3 is 3.07 bits per heavy atom. The first-order valence-electron chi connectivity index (χ1n) is 5.19. The van der Waals surface area contributed by atoms with Crippen LogP contribution in [0.5, 0.6) is 0 Å². The van der Waals surface area contributed by atoms with E-state index < -0.39 is 0 Å². The van der Waals surface area contributed by atoms with Crippen LogP contribution in [0.15, 0.2) is 0 Å². The number of halogens is 1. The summed E-state index contributed by atoms with van der Waals surface area (Å²) in [5, 5.41) is 0. The van der Waals surface area contributed by atoms with Crippen LogP contribution in [0.1, 0.15) is 26.7 Å². The van der Waals surface area contributed by atoms with E-state index in [4.69, 9.17) is 4.74 Å². The molecule has 0 aromatic carbocycles. The fraction of sp³-hybridized carbons (Fsp3) is 0.900. The molecule has 0 bridgehead atoms. The van der Waals surface area contributed by atoms with Crippen molar-refractivity contribution in [2.24, 2.45) is 0 Å². The summed E-state index contributed by atoms with van der Waals surface area (Å²) in [6.45, 7) is 6.28. The minimum Gasteiger partial charge on any atom is -0.377 e. The number of amides is 1. The van der Waals surface area contributed by atoms with E-state index in [0.717, 1.165) is 25.9 Å². The molecule has 2 atom stereocenters. The number of nitrogens with zero attached hydrogens (tertiary/aromatic N) is 1. The highest BCUT2D eigenvalue weighted by atomic mass is 79.9. The number of hydrogen-bond donors (Lipinski definition) is 0. The van der Waals surface area contributed by atoms with E-state index >= 15 is 0 Å². The number of carbonyl (C=O) groups is 1. The molecule has 3 nitrogen and oxygen atoms in total. The van der Waals surface area contributed by atoms with Crippen LogP contribution >= 0.6 is 15.9 Å². The number of ether oxygens (including phenoxy) is 1. The lowest BCUT2D eigenvalue weighted by molar-refractivity contribution is -0.134. The van der Waals surface area contributed by atoms with Crippen LogP contribution in [-0.4, -0.2) is 41.4 Å². The average molecular weight is 264 g/mol. The number of rotatable bonds is 4. The summed E-state index contributed by atoms with van der Waals surface area (Å²) < 4.78 is 5.42. The average Bonchev–Trinajstić information content (AvgIpc) is 2.13. The standard InChI is InChI=1S/C10H18BrNO2/c1-3-14-8(2)7-12-6-4-5-9(11)10(12)13/h8-9H,3-7H2,1-2H3. The third kappa shape index (κ3) is 3.24. The maximum absolute atomic E-state index is 11.7. The molecule has 82 valence electrons. The molecule has 0 aliphatic carbocycles. The first kappa shape index (κ1) is 12.0. The zero-order valence-electron chi connectivity index (χ0n) is 8.83. The normalized spacial score (nSPS) is 25.2. The predicted molar refractivity (Wildman–Crippen MR) is 59.6 cm³/mol. The molecule has 2 unspecified atom stereocenters. The van der Waals surface area contributed by atoms with Crippen molar-refractivity contribution in [3.05, 3.63) is 0 Å². The first-order chi connectivity index (χ1) is 6.65. The number of carbonyl (C=O) groups excluding carboxylic acids is 1. The highest BCUT2D eigenvalue weighted by molar-refractivity contribution is 9.10. The molecule has 1 amide bonds. The minimum atomic E-state index is 0.0186. The molecule has 1 fully saturated rings. The van der Waals surface area contributed by atoms with Crippen molar-refractivity contribution >= 4 is 21.8 Å². The van der Waals surface area contributed by atoms with Gasteiger partial charge in [-0.25, -0.2) is 0 Å². The third-order valence-electron chi connectivity index (χ3n) is 2.39. The van der Waals surface area contributed by atoms with Gasteiger partial charge < -0.3 is 9.64 Å². The topological polar surface area (TPSA) is 29.5 Å². The van der Waals surface area contributed by atoms with Crippen molar-refractivity contribution in [3.8, 4) is 0 Å². The third-order valence-corrected chi connectivity index (χ3v) is 3.24. The molecule has 1 rings (SSSR count). The zero-order valence-corrected chi connectivity index (χ0v) is 10.4. The van der Waals surface area contributed by atoms with Crippen molar-refractivity contribution in [3.63, 3.8) is 0 Å². The van der Waals surface area contributed by atoms with Crippen LogP contribution in [0.3, 0.4) is 0 Å². The van der Waals surface area contributed by atoms with Gasteiger partial charge in [0.25, 0.3) is 0 Å². The maximum atomic E-state index is 11.7. The smallest absolute Gasteiger partial charge is 0.236 e. The molecule has 0 spiro atoms. The second-order valence-corrected chi connectivity index (χ2v) is 4.77. The minimum absolute atomic E-state index is 0.0186. The lowest BCUT2D eigenvalue weighted by Crippen LogP contribution is -2.45. The summed E-state index contributed by atoms with van der Waals surface area (Å²) in [5.41, 5.74) is 0. The molecule has 0 aromatic heterocycles. The van der Waals surface area contributed by atoms with Crippen LogP contribution < -0.4 is 0 Å². The quantitative estimate of drug-likeness (QED) is 0.724. The molecule has 0 aromatic rings. The molecule has 1 heterocycles. The van der Waals surface area contributed by atoms with Crippen molar-refractivity contribution < 1.29 is 9.53 Å². The molecule has 1 saturated heterocycles. The molecule has 1 aliphatic heterocycles. The summed E-state index contributed by atoms with van der Waals surface area (Å²) in [5.74, 6) is 0.211. The number of likely N-dealkylation sites (tertiary alicyclic amines) is 1. The van der Waals surface area contributed by atoms with Gasteiger partial charge in [0, 0.05) is 19.7 Å². The van der Waals surface area contributed by atoms with Crippen LogP contribution in [0.2, 0.25) is 0 Å².